The van der Waals surface area contributed by atoms with Gasteiger partial charge in [0.05, 0.1) is 13.2 Å². The van der Waals surface area contributed by atoms with Gasteiger partial charge in [-0.1, -0.05) is 46.3 Å². The third-order valence-electron chi connectivity index (χ3n) is 7.38. The monoisotopic (exact) mass is 745 g/mol. The molecule has 0 aromatic heterocycles. The van der Waals surface area contributed by atoms with E-state index in [9.17, 15) is 24.0 Å². The van der Waals surface area contributed by atoms with Gasteiger partial charge in [-0.05, 0) is 0 Å². The van der Waals surface area contributed by atoms with E-state index in [-0.39, 0.29) is 13.2 Å². The lowest BCUT2D eigenvalue weighted by atomic mass is 9.94. The van der Waals surface area contributed by atoms with Crippen LogP contribution in [0.3, 0.4) is 0 Å². The first-order valence-electron chi connectivity index (χ1n) is 15.3. The molecule has 1 N–H and O–H groups in total. The van der Waals surface area contributed by atoms with Gasteiger partial charge in [-0.25, -0.2) is 0 Å². The van der Waals surface area contributed by atoms with Gasteiger partial charge >= 0.3 is 23.9 Å². The van der Waals surface area contributed by atoms with Crippen LogP contribution < -0.4 is 5.32 Å². The number of halogens is 1. The molecule has 3 aliphatic heterocycles. The van der Waals surface area contributed by atoms with Gasteiger partial charge in [0, 0.05) is 45.5 Å². The summed E-state index contributed by atoms with van der Waals surface area (Å²) in [5.74, 6) is -3.50. The van der Waals surface area contributed by atoms with Crippen molar-refractivity contribution in [1.29, 1.82) is 0 Å². The molecule has 0 bridgehead atoms. The van der Waals surface area contributed by atoms with Gasteiger partial charge in [0.25, 0.3) is 0 Å². The van der Waals surface area contributed by atoms with Crippen LogP contribution in [0.5, 0.6) is 0 Å². The number of ether oxygens (including phenoxy) is 10. The van der Waals surface area contributed by atoms with E-state index >= 15 is 0 Å². The molecule has 4 rings (SSSR count). The smallest absolute Gasteiger partial charge is 0.303 e. The second kappa shape index (κ2) is 17.5. The number of nitrogens with one attached hydrogen (secondary N) is 1. The Morgan fingerprint density at radius 1 is 0.792 bits per heavy atom. The van der Waals surface area contributed by atoms with Crippen molar-refractivity contribution < 1.29 is 71.3 Å². The van der Waals surface area contributed by atoms with E-state index in [1.54, 1.807) is 0 Å². The van der Waals surface area contributed by atoms with Crippen molar-refractivity contribution in [3.63, 3.8) is 0 Å². The zero-order chi connectivity index (χ0) is 35.0. The first-order valence-corrected chi connectivity index (χ1v) is 16.4. The molecule has 266 valence electrons. The van der Waals surface area contributed by atoms with E-state index in [4.69, 9.17) is 47.4 Å². The van der Waals surface area contributed by atoms with Crippen molar-refractivity contribution >= 4 is 45.7 Å². The number of esters is 4. The highest BCUT2D eigenvalue weighted by Gasteiger charge is 2.57. The normalized spacial score (nSPS) is 33.0. The molecule has 3 aliphatic rings. The molecule has 3 heterocycles. The van der Waals surface area contributed by atoms with Crippen LogP contribution >= 0.6 is 15.9 Å². The Morgan fingerprint density at radius 3 is 2.04 bits per heavy atom. The number of carbonyl (C=O) groups excluding carboxylic acids is 5. The van der Waals surface area contributed by atoms with Crippen LogP contribution in [0.25, 0.3) is 0 Å². The standard InChI is InChI=1S/C31H40BrNO15/c1-15(34)33-23-26(24-22(45-30(23)39-12-11-32)14-41-29(47-24)20-9-7-6-8-10-20)48-31-28(44-19(5)38)27(43-18(4)37)25(42-17(3)36)21(46-31)13-40-16(2)35/h6-10,21-31H,11-14H2,1-5H3,(H,33,34)/t21-,22-,23-,24+,25+,26-,27+,28-,29+,30+,31+/m1/s1. The molecule has 0 radical (unpaired) electrons. The minimum atomic E-state index is -1.57. The van der Waals surface area contributed by atoms with Gasteiger partial charge < -0.3 is 52.7 Å². The summed E-state index contributed by atoms with van der Waals surface area (Å²) in [6, 6.07) is 8.09. The Labute approximate surface area is 285 Å². The Kier molecular flexibility index (Phi) is 13.7. The van der Waals surface area contributed by atoms with Gasteiger partial charge in [0.15, 0.2) is 37.2 Å². The van der Waals surface area contributed by atoms with Crippen LogP contribution in [-0.4, -0.2) is 116 Å². The Morgan fingerprint density at radius 2 is 1.44 bits per heavy atom. The fourth-order valence-electron chi connectivity index (χ4n) is 5.66. The molecule has 3 fully saturated rings. The van der Waals surface area contributed by atoms with Crippen molar-refractivity contribution in [2.75, 3.05) is 25.2 Å². The van der Waals surface area contributed by atoms with Crippen LogP contribution in [0.1, 0.15) is 46.5 Å². The number of hydrogen-bond donors (Lipinski definition) is 1. The van der Waals surface area contributed by atoms with Crippen molar-refractivity contribution in [2.45, 2.75) is 102 Å². The summed E-state index contributed by atoms with van der Waals surface area (Å²) < 4.78 is 59.2. The molecule has 1 aromatic carbocycles. The maximum atomic E-state index is 12.5. The lowest BCUT2D eigenvalue weighted by Gasteiger charge is -2.51. The summed E-state index contributed by atoms with van der Waals surface area (Å²) in [5, 5.41) is 3.26. The van der Waals surface area contributed by atoms with E-state index in [1.165, 1.54) is 13.8 Å². The third-order valence-corrected chi connectivity index (χ3v) is 7.70. The number of carbonyl (C=O) groups is 5. The SMILES string of the molecule is CC(=O)N[C@H]1[C@@H](OCCBr)O[C@@H]2CO[C@H](c3ccccc3)O[C@@H]2[C@@H]1O[C@@H]1O[C@H](COC(C)=O)[C@H](OC(C)=O)[C@H](OC(C)=O)[C@H]1OC(C)=O. The second-order valence-electron chi connectivity index (χ2n) is 11.2. The number of rotatable bonds is 12. The van der Waals surface area contributed by atoms with Gasteiger partial charge in [-0.15, -0.1) is 0 Å². The third kappa shape index (κ3) is 9.93. The summed E-state index contributed by atoms with van der Waals surface area (Å²) in [6.45, 7) is 5.61. The molecule has 0 aliphatic carbocycles. The summed E-state index contributed by atoms with van der Waals surface area (Å²) in [6.07, 6.45) is -12.0. The number of benzene rings is 1. The van der Waals surface area contributed by atoms with E-state index in [0.717, 1.165) is 20.8 Å². The Bertz CT molecular complexity index is 1280. The topological polar surface area (TPSA) is 190 Å². The first kappa shape index (κ1) is 37.6. The van der Waals surface area contributed by atoms with Gasteiger partial charge in [-0.2, -0.15) is 0 Å². The van der Waals surface area contributed by atoms with Crippen molar-refractivity contribution in [3.8, 4) is 0 Å². The predicted molar refractivity (Wildman–Crippen MR) is 163 cm³/mol. The molecule has 17 heteroatoms. The molecule has 3 saturated heterocycles. The summed E-state index contributed by atoms with van der Waals surface area (Å²) in [7, 11) is 0. The average molecular weight is 747 g/mol. The molecule has 0 saturated carbocycles. The van der Waals surface area contributed by atoms with Crippen LogP contribution in [-0.2, 0) is 71.3 Å². The summed E-state index contributed by atoms with van der Waals surface area (Å²) in [4.78, 5) is 61.2. The maximum Gasteiger partial charge on any atom is 0.303 e. The largest absolute Gasteiger partial charge is 0.463 e. The molecule has 16 nitrogen and oxygen atoms in total. The van der Waals surface area contributed by atoms with E-state index in [2.05, 4.69) is 21.2 Å². The molecule has 48 heavy (non-hydrogen) atoms. The fraction of sp³-hybridized carbons (Fsp3) is 0.645. The number of fused-ring (bicyclic) bond motifs is 1. The molecule has 11 atom stereocenters. The molecular weight excluding hydrogens is 706 g/mol. The first-order chi connectivity index (χ1) is 22.9. The van der Waals surface area contributed by atoms with Crippen LogP contribution in [0.4, 0.5) is 0 Å². The van der Waals surface area contributed by atoms with Gasteiger partial charge in [-0.3, -0.25) is 24.0 Å². The minimum absolute atomic E-state index is 0.0453. The zero-order valence-electron chi connectivity index (χ0n) is 27.1. The van der Waals surface area contributed by atoms with E-state index in [0.29, 0.717) is 10.9 Å². The van der Waals surface area contributed by atoms with Gasteiger partial charge in [0.1, 0.15) is 37.1 Å². The molecule has 0 unspecified atom stereocenters. The zero-order valence-corrected chi connectivity index (χ0v) is 28.7. The average Bonchev–Trinajstić information content (AvgIpc) is 3.02. The van der Waals surface area contributed by atoms with E-state index in [1.807, 2.05) is 30.3 Å². The summed E-state index contributed by atoms with van der Waals surface area (Å²) >= 11 is 3.33. The highest BCUT2D eigenvalue weighted by Crippen LogP contribution is 2.38. The summed E-state index contributed by atoms with van der Waals surface area (Å²) in [5.41, 5.74) is 0.704. The van der Waals surface area contributed by atoms with Crippen molar-refractivity contribution in [1.82, 2.24) is 5.32 Å². The van der Waals surface area contributed by atoms with E-state index < -0.39 is 104 Å². The molecule has 1 aromatic rings. The highest BCUT2D eigenvalue weighted by molar-refractivity contribution is 9.09. The van der Waals surface area contributed by atoms with Crippen molar-refractivity contribution in [3.05, 3.63) is 35.9 Å². The number of amides is 1. The number of alkyl halides is 1. The lowest BCUT2D eigenvalue weighted by Crippen LogP contribution is -2.70. The quantitative estimate of drug-likeness (QED) is 0.182. The second-order valence-corrected chi connectivity index (χ2v) is 12.0. The lowest BCUT2D eigenvalue weighted by molar-refractivity contribution is -0.378. The fourth-order valence-corrected chi connectivity index (χ4v) is 5.84. The van der Waals surface area contributed by atoms with Crippen LogP contribution in [0.2, 0.25) is 0 Å². The molecular formula is C31H40BrNO15. The number of hydrogen-bond acceptors (Lipinski definition) is 15. The highest BCUT2D eigenvalue weighted by atomic mass is 79.9. The van der Waals surface area contributed by atoms with Crippen LogP contribution in [0, 0.1) is 0 Å². The van der Waals surface area contributed by atoms with Gasteiger partial charge in [0.2, 0.25) is 5.91 Å². The van der Waals surface area contributed by atoms with Crippen molar-refractivity contribution in [2.24, 2.45) is 0 Å². The molecule has 1 amide bonds. The minimum Gasteiger partial charge on any atom is -0.463 e. The van der Waals surface area contributed by atoms with Crippen LogP contribution in [0.15, 0.2) is 30.3 Å². The Balaban J connectivity index is 1.78. The molecule has 0 spiro atoms. The maximum absolute atomic E-state index is 12.5. The Hall–Kier alpha value is -3.19. The predicted octanol–water partition coefficient (Wildman–Crippen LogP) is 1.21.